The first-order valence-electron chi connectivity index (χ1n) is 4.46. The van der Waals surface area contributed by atoms with Crippen LogP contribution >= 0.6 is 0 Å². The van der Waals surface area contributed by atoms with Crippen molar-refractivity contribution in [1.82, 2.24) is 0 Å². The Kier molecular flexibility index (Phi) is 1.65. The summed E-state index contributed by atoms with van der Waals surface area (Å²) >= 11 is 0. The molecule has 1 aromatic rings. The van der Waals surface area contributed by atoms with Crippen LogP contribution in [0.1, 0.15) is 25.0 Å². The fourth-order valence-corrected chi connectivity index (χ4v) is 2.00. The normalized spacial score (nSPS) is 21.8. The summed E-state index contributed by atoms with van der Waals surface area (Å²) in [6.45, 7) is 4.18. The standard InChI is InChI=1S/C11H13NO/c1-11(2)9-6-4-3-5-8(9)7-10(11)12-13/h3-6,13H,7H2,1-2H3/b12-10+. The molecule has 0 saturated heterocycles. The molecule has 0 heterocycles. The third kappa shape index (κ3) is 1.05. The summed E-state index contributed by atoms with van der Waals surface area (Å²) in [7, 11) is 0. The summed E-state index contributed by atoms with van der Waals surface area (Å²) in [6.07, 6.45) is 0.777. The Hall–Kier alpha value is -1.31. The smallest absolute Gasteiger partial charge is 0.0714 e. The second-order valence-electron chi connectivity index (χ2n) is 4.01. The van der Waals surface area contributed by atoms with Crippen LogP contribution in [0, 0.1) is 0 Å². The van der Waals surface area contributed by atoms with Gasteiger partial charge in [-0.15, -0.1) is 0 Å². The minimum atomic E-state index is -0.106. The van der Waals surface area contributed by atoms with Gasteiger partial charge in [0, 0.05) is 11.8 Å². The molecular weight excluding hydrogens is 162 g/mol. The van der Waals surface area contributed by atoms with Crippen LogP contribution in [-0.2, 0) is 11.8 Å². The van der Waals surface area contributed by atoms with Gasteiger partial charge < -0.3 is 5.21 Å². The molecule has 2 heteroatoms. The lowest BCUT2D eigenvalue weighted by Crippen LogP contribution is -2.23. The molecule has 0 fully saturated rings. The molecule has 0 spiro atoms. The molecule has 0 bridgehead atoms. The SMILES string of the molecule is CC1(C)/C(=N/O)Cc2ccccc21. The van der Waals surface area contributed by atoms with Gasteiger partial charge >= 0.3 is 0 Å². The van der Waals surface area contributed by atoms with Crippen LogP contribution in [-0.4, -0.2) is 10.9 Å². The van der Waals surface area contributed by atoms with Crippen LogP contribution in [0.2, 0.25) is 0 Å². The lowest BCUT2D eigenvalue weighted by atomic mass is 9.85. The van der Waals surface area contributed by atoms with Crippen molar-refractivity contribution in [2.45, 2.75) is 25.7 Å². The highest BCUT2D eigenvalue weighted by molar-refractivity contribution is 5.99. The second-order valence-corrected chi connectivity index (χ2v) is 4.01. The number of hydrogen-bond acceptors (Lipinski definition) is 2. The summed E-state index contributed by atoms with van der Waals surface area (Å²) in [6, 6.07) is 8.25. The van der Waals surface area contributed by atoms with Gasteiger partial charge in [0.15, 0.2) is 0 Å². The third-order valence-corrected chi connectivity index (χ3v) is 2.89. The quantitative estimate of drug-likeness (QED) is 0.476. The van der Waals surface area contributed by atoms with Gasteiger partial charge in [-0.05, 0) is 11.1 Å². The fraction of sp³-hybridized carbons (Fsp3) is 0.364. The van der Waals surface area contributed by atoms with E-state index in [1.807, 2.05) is 12.1 Å². The molecule has 1 aliphatic rings. The van der Waals surface area contributed by atoms with Crippen molar-refractivity contribution >= 4 is 5.71 Å². The molecular formula is C11H13NO. The first-order chi connectivity index (χ1) is 6.16. The Morgan fingerprint density at radius 3 is 2.62 bits per heavy atom. The largest absolute Gasteiger partial charge is 0.411 e. The Morgan fingerprint density at radius 2 is 2.00 bits per heavy atom. The molecule has 0 aliphatic heterocycles. The highest BCUT2D eigenvalue weighted by atomic mass is 16.4. The van der Waals surface area contributed by atoms with Crippen molar-refractivity contribution in [3.05, 3.63) is 35.4 Å². The Morgan fingerprint density at radius 1 is 1.31 bits per heavy atom. The zero-order valence-corrected chi connectivity index (χ0v) is 7.91. The van der Waals surface area contributed by atoms with E-state index in [1.54, 1.807) is 0 Å². The Labute approximate surface area is 77.9 Å². The average molecular weight is 175 g/mol. The zero-order valence-electron chi connectivity index (χ0n) is 7.91. The summed E-state index contributed by atoms with van der Waals surface area (Å²) < 4.78 is 0. The predicted octanol–water partition coefficient (Wildman–Crippen LogP) is 2.35. The van der Waals surface area contributed by atoms with Crippen molar-refractivity contribution in [1.29, 1.82) is 0 Å². The molecule has 0 atom stereocenters. The molecule has 2 nitrogen and oxygen atoms in total. The lowest BCUT2D eigenvalue weighted by molar-refractivity contribution is 0.314. The summed E-state index contributed by atoms with van der Waals surface area (Å²) in [5.74, 6) is 0. The first kappa shape index (κ1) is 8.30. The van der Waals surface area contributed by atoms with Gasteiger partial charge in [-0.3, -0.25) is 0 Å². The number of oxime groups is 1. The van der Waals surface area contributed by atoms with Crippen LogP contribution in [0.15, 0.2) is 29.4 Å². The van der Waals surface area contributed by atoms with Crippen LogP contribution in [0.3, 0.4) is 0 Å². The second kappa shape index (κ2) is 2.59. The number of rotatable bonds is 0. The van der Waals surface area contributed by atoms with Crippen LogP contribution < -0.4 is 0 Å². The van der Waals surface area contributed by atoms with Crippen LogP contribution in [0.5, 0.6) is 0 Å². The fourth-order valence-electron chi connectivity index (χ4n) is 2.00. The summed E-state index contributed by atoms with van der Waals surface area (Å²) in [4.78, 5) is 0. The zero-order chi connectivity index (χ0) is 9.47. The maximum atomic E-state index is 8.86. The molecule has 0 amide bonds. The van der Waals surface area contributed by atoms with E-state index >= 15 is 0 Å². The third-order valence-electron chi connectivity index (χ3n) is 2.89. The van der Waals surface area contributed by atoms with Gasteiger partial charge in [-0.25, -0.2) is 0 Å². The first-order valence-corrected chi connectivity index (χ1v) is 4.46. The minimum Gasteiger partial charge on any atom is -0.411 e. The van der Waals surface area contributed by atoms with E-state index in [4.69, 9.17) is 5.21 Å². The van der Waals surface area contributed by atoms with Gasteiger partial charge in [0.05, 0.1) is 5.71 Å². The highest BCUT2D eigenvalue weighted by Gasteiger charge is 2.35. The Balaban J connectivity index is 2.60. The molecule has 1 aliphatic carbocycles. The highest BCUT2D eigenvalue weighted by Crippen LogP contribution is 2.35. The van der Waals surface area contributed by atoms with Crippen molar-refractivity contribution in [2.75, 3.05) is 0 Å². The Bertz CT molecular complexity index is 366. The monoisotopic (exact) mass is 175 g/mol. The molecule has 1 aromatic carbocycles. The molecule has 0 radical (unpaired) electrons. The van der Waals surface area contributed by atoms with E-state index in [-0.39, 0.29) is 5.41 Å². The maximum Gasteiger partial charge on any atom is 0.0714 e. The van der Waals surface area contributed by atoms with Crippen LogP contribution in [0.25, 0.3) is 0 Å². The molecule has 0 unspecified atom stereocenters. The van der Waals surface area contributed by atoms with Gasteiger partial charge in [0.2, 0.25) is 0 Å². The van der Waals surface area contributed by atoms with E-state index in [2.05, 4.69) is 31.1 Å². The topological polar surface area (TPSA) is 32.6 Å². The van der Waals surface area contributed by atoms with E-state index in [0.717, 1.165) is 12.1 Å². The molecule has 0 aromatic heterocycles. The van der Waals surface area contributed by atoms with Crippen molar-refractivity contribution in [3.8, 4) is 0 Å². The van der Waals surface area contributed by atoms with Crippen molar-refractivity contribution in [2.24, 2.45) is 5.16 Å². The lowest BCUT2D eigenvalue weighted by Gasteiger charge is -2.18. The van der Waals surface area contributed by atoms with Crippen molar-refractivity contribution in [3.63, 3.8) is 0 Å². The predicted molar refractivity (Wildman–Crippen MR) is 52.4 cm³/mol. The number of benzene rings is 1. The minimum absolute atomic E-state index is 0.106. The van der Waals surface area contributed by atoms with Crippen LogP contribution in [0.4, 0.5) is 0 Å². The summed E-state index contributed by atoms with van der Waals surface area (Å²) in [5.41, 5.74) is 3.31. The number of fused-ring (bicyclic) bond motifs is 1. The molecule has 1 N–H and O–H groups in total. The average Bonchev–Trinajstić information content (AvgIpc) is 2.39. The summed E-state index contributed by atoms with van der Waals surface area (Å²) in [5, 5.41) is 12.2. The van der Waals surface area contributed by atoms with E-state index in [1.165, 1.54) is 11.1 Å². The van der Waals surface area contributed by atoms with Gasteiger partial charge in [0.25, 0.3) is 0 Å². The van der Waals surface area contributed by atoms with E-state index in [9.17, 15) is 0 Å². The van der Waals surface area contributed by atoms with E-state index in [0.29, 0.717) is 0 Å². The number of hydrogen-bond donors (Lipinski definition) is 1. The van der Waals surface area contributed by atoms with Gasteiger partial charge in [-0.1, -0.05) is 43.3 Å². The number of nitrogens with zero attached hydrogens (tertiary/aromatic N) is 1. The van der Waals surface area contributed by atoms with Gasteiger partial charge in [0.1, 0.15) is 0 Å². The van der Waals surface area contributed by atoms with Crippen molar-refractivity contribution < 1.29 is 5.21 Å². The van der Waals surface area contributed by atoms with Gasteiger partial charge in [-0.2, -0.15) is 0 Å². The molecule has 2 rings (SSSR count). The van der Waals surface area contributed by atoms with E-state index < -0.39 is 0 Å². The maximum absolute atomic E-state index is 8.86. The molecule has 68 valence electrons. The molecule has 13 heavy (non-hydrogen) atoms. The molecule has 0 saturated carbocycles.